The number of aliphatic hydroxyl groups excluding tert-OH is 2. The molecule has 0 aromatic carbocycles. The predicted molar refractivity (Wildman–Crippen MR) is 113 cm³/mol. The summed E-state index contributed by atoms with van der Waals surface area (Å²) in [6, 6.07) is 1.21. The number of hydrogen-bond acceptors (Lipinski definition) is 7. The number of aliphatic hydroxyl groups is 2. The lowest BCUT2D eigenvalue weighted by molar-refractivity contribution is -0.0459. The molecular weight excluding hydrogens is 417 g/mol. The minimum absolute atomic E-state index is 0.0138. The molecule has 1 fully saturated rings. The van der Waals surface area contributed by atoms with E-state index in [1.54, 1.807) is 0 Å². The molecule has 0 radical (unpaired) electrons. The standard InChI is InChI=1S/C18H29ClFN5O3Si/c1-4-5-6-7-29(2,3)10-22-15-13-16(24-18(19)23-15)25(9-21-13)17-12(20)14(27)11(8-26)28-17/h9,11-12,14,17,26-27H,4-8,10H2,1-3H3,(H,22,23,24)/t11-,12-,14-,17-/m1/s1. The topological polar surface area (TPSA) is 105 Å². The number of rotatable bonds is 9. The summed E-state index contributed by atoms with van der Waals surface area (Å²) in [7, 11) is -1.48. The Bertz CT molecular complexity index is 839. The molecule has 1 saturated heterocycles. The summed E-state index contributed by atoms with van der Waals surface area (Å²) in [5.74, 6) is 0.502. The molecule has 0 bridgehead atoms. The minimum atomic E-state index is -1.72. The highest BCUT2D eigenvalue weighted by molar-refractivity contribution is 6.78. The van der Waals surface area contributed by atoms with Crippen molar-refractivity contribution in [2.24, 2.45) is 0 Å². The van der Waals surface area contributed by atoms with Crippen molar-refractivity contribution in [3.8, 4) is 0 Å². The van der Waals surface area contributed by atoms with E-state index in [4.69, 9.17) is 16.3 Å². The van der Waals surface area contributed by atoms with Crippen LogP contribution in [-0.2, 0) is 4.74 Å². The van der Waals surface area contributed by atoms with Gasteiger partial charge in [0.05, 0.1) is 21.0 Å². The lowest BCUT2D eigenvalue weighted by Gasteiger charge is -2.23. The van der Waals surface area contributed by atoms with E-state index in [0.717, 1.165) is 6.17 Å². The first-order chi connectivity index (χ1) is 13.8. The smallest absolute Gasteiger partial charge is 0.226 e. The van der Waals surface area contributed by atoms with Crippen LogP contribution >= 0.6 is 11.6 Å². The molecule has 0 amide bonds. The molecule has 3 heterocycles. The number of unbranched alkanes of at least 4 members (excludes halogenated alkanes) is 2. The van der Waals surface area contributed by atoms with Gasteiger partial charge in [-0.15, -0.1) is 0 Å². The maximum absolute atomic E-state index is 14.5. The Labute approximate surface area is 175 Å². The van der Waals surface area contributed by atoms with Crippen molar-refractivity contribution in [2.75, 3.05) is 18.1 Å². The number of hydrogen-bond donors (Lipinski definition) is 3. The zero-order valence-corrected chi connectivity index (χ0v) is 18.7. The van der Waals surface area contributed by atoms with Gasteiger partial charge >= 0.3 is 0 Å². The maximum atomic E-state index is 14.5. The monoisotopic (exact) mass is 445 g/mol. The number of aromatic nitrogens is 4. The number of anilines is 1. The van der Waals surface area contributed by atoms with E-state index in [0.29, 0.717) is 17.0 Å². The molecule has 3 rings (SSSR count). The number of halogens is 2. The summed E-state index contributed by atoms with van der Waals surface area (Å²) in [4.78, 5) is 12.8. The summed E-state index contributed by atoms with van der Waals surface area (Å²) >= 11 is 6.12. The van der Waals surface area contributed by atoms with Crippen molar-refractivity contribution < 1.29 is 19.3 Å². The first-order valence-electron chi connectivity index (χ1n) is 10.00. The van der Waals surface area contributed by atoms with Crippen LogP contribution in [0.4, 0.5) is 10.2 Å². The molecule has 2 aromatic heterocycles. The van der Waals surface area contributed by atoms with Gasteiger partial charge in [-0.1, -0.05) is 45.3 Å². The van der Waals surface area contributed by atoms with Crippen molar-refractivity contribution in [1.29, 1.82) is 0 Å². The van der Waals surface area contributed by atoms with Gasteiger partial charge in [-0.05, 0) is 11.6 Å². The molecule has 0 saturated carbocycles. The van der Waals surface area contributed by atoms with Gasteiger partial charge in [0.1, 0.15) is 12.2 Å². The third kappa shape index (κ3) is 4.88. The molecule has 1 aliphatic heterocycles. The fraction of sp³-hybridized carbons (Fsp3) is 0.722. The number of ether oxygens (including phenoxy) is 1. The molecule has 4 atom stereocenters. The van der Waals surface area contributed by atoms with E-state index >= 15 is 0 Å². The molecule has 8 nitrogen and oxygen atoms in total. The van der Waals surface area contributed by atoms with Gasteiger partial charge in [0.25, 0.3) is 0 Å². The fourth-order valence-electron chi connectivity index (χ4n) is 3.54. The molecule has 11 heteroatoms. The number of fused-ring (bicyclic) bond motifs is 1. The minimum Gasteiger partial charge on any atom is -0.394 e. The van der Waals surface area contributed by atoms with Crippen LogP contribution in [0.25, 0.3) is 11.2 Å². The Balaban J connectivity index is 1.82. The molecule has 162 valence electrons. The van der Waals surface area contributed by atoms with E-state index in [1.807, 2.05) is 0 Å². The number of alkyl halides is 1. The Morgan fingerprint density at radius 1 is 1.34 bits per heavy atom. The van der Waals surface area contributed by atoms with Gasteiger partial charge in [0.15, 0.2) is 29.4 Å². The zero-order valence-electron chi connectivity index (χ0n) is 17.0. The lowest BCUT2D eigenvalue weighted by Crippen LogP contribution is -2.35. The molecule has 0 unspecified atom stereocenters. The summed E-state index contributed by atoms with van der Waals surface area (Å²) in [5.41, 5.74) is 0.780. The van der Waals surface area contributed by atoms with E-state index in [9.17, 15) is 14.6 Å². The molecule has 1 aliphatic rings. The summed E-state index contributed by atoms with van der Waals surface area (Å²) in [5, 5.41) is 22.6. The van der Waals surface area contributed by atoms with Crippen molar-refractivity contribution in [1.82, 2.24) is 19.5 Å². The highest BCUT2D eigenvalue weighted by Crippen LogP contribution is 2.34. The third-order valence-electron chi connectivity index (χ3n) is 5.33. The van der Waals surface area contributed by atoms with Gasteiger partial charge in [0, 0.05) is 6.17 Å². The van der Waals surface area contributed by atoms with Crippen LogP contribution in [0, 0.1) is 0 Å². The largest absolute Gasteiger partial charge is 0.394 e. The second-order valence-electron chi connectivity index (χ2n) is 8.32. The molecule has 2 aromatic rings. The normalized spacial score (nSPS) is 25.1. The number of imidazole rings is 1. The average molecular weight is 446 g/mol. The highest BCUT2D eigenvalue weighted by Gasteiger charge is 2.45. The summed E-state index contributed by atoms with van der Waals surface area (Å²) < 4.78 is 21.4. The Kier molecular flexibility index (Phi) is 7.10. The second-order valence-corrected chi connectivity index (χ2v) is 13.8. The maximum Gasteiger partial charge on any atom is 0.226 e. The first-order valence-corrected chi connectivity index (χ1v) is 13.8. The SMILES string of the molecule is CCCCC[Si](C)(C)CNc1nc(Cl)nc2c1ncn2[C@@H]1O[C@H](CO)[C@@H](O)[C@H]1F. The van der Waals surface area contributed by atoms with Gasteiger partial charge in [-0.25, -0.2) is 9.37 Å². The van der Waals surface area contributed by atoms with Gasteiger partial charge in [0.2, 0.25) is 5.28 Å². The average Bonchev–Trinajstić information content (AvgIpc) is 3.21. The van der Waals surface area contributed by atoms with Crippen molar-refractivity contribution >= 4 is 36.7 Å². The van der Waals surface area contributed by atoms with Crippen molar-refractivity contribution in [3.05, 3.63) is 11.6 Å². The molecule has 0 aliphatic carbocycles. The summed E-state index contributed by atoms with van der Waals surface area (Å²) in [6.07, 6.45) is 0.558. The van der Waals surface area contributed by atoms with Crippen molar-refractivity contribution in [3.63, 3.8) is 0 Å². The first kappa shape index (κ1) is 22.4. The van der Waals surface area contributed by atoms with Crippen LogP contribution in [0.2, 0.25) is 24.4 Å². The number of nitrogens with zero attached hydrogens (tertiary/aromatic N) is 4. The quantitative estimate of drug-likeness (QED) is 0.309. The predicted octanol–water partition coefficient (Wildman–Crippen LogP) is 2.92. The van der Waals surface area contributed by atoms with Gasteiger partial charge in [-0.2, -0.15) is 9.97 Å². The Hall–Kier alpha value is -1.33. The Morgan fingerprint density at radius 2 is 2.10 bits per heavy atom. The fourth-order valence-corrected chi connectivity index (χ4v) is 5.74. The lowest BCUT2D eigenvalue weighted by atomic mass is 10.1. The van der Waals surface area contributed by atoms with Crippen LogP contribution in [0.5, 0.6) is 0 Å². The van der Waals surface area contributed by atoms with E-state index in [2.05, 4.69) is 40.3 Å². The van der Waals surface area contributed by atoms with Crippen LogP contribution < -0.4 is 5.32 Å². The zero-order chi connectivity index (χ0) is 21.2. The highest BCUT2D eigenvalue weighted by atomic mass is 35.5. The molecule has 3 N–H and O–H groups in total. The van der Waals surface area contributed by atoms with Gasteiger partial charge < -0.3 is 20.3 Å². The van der Waals surface area contributed by atoms with Crippen molar-refractivity contribution in [2.45, 2.75) is 69.9 Å². The molecule has 0 spiro atoms. The van der Waals surface area contributed by atoms with E-state index < -0.39 is 39.3 Å². The Morgan fingerprint density at radius 3 is 2.76 bits per heavy atom. The summed E-state index contributed by atoms with van der Waals surface area (Å²) in [6.45, 7) is 6.36. The van der Waals surface area contributed by atoms with Gasteiger partial charge in [-0.3, -0.25) is 4.57 Å². The van der Waals surface area contributed by atoms with Crippen LogP contribution in [0.3, 0.4) is 0 Å². The molecule has 29 heavy (non-hydrogen) atoms. The second kappa shape index (κ2) is 9.21. The van der Waals surface area contributed by atoms with E-state index in [-0.39, 0.29) is 5.28 Å². The molecular formula is C18H29ClFN5O3Si. The van der Waals surface area contributed by atoms with Crippen LogP contribution in [-0.4, -0.2) is 69.0 Å². The van der Waals surface area contributed by atoms with Crippen LogP contribution in [0.15, 0.2) is 6.33 Å². The number of nitrogens with one attached hydrogen (secondary N) is 1. The third-order valence-corrected chi connectivity index (χ3v) is 8.34. The van der Waals surface area contributed by atoms with Crippen LogP contribution in [0.1, 0.15) is 32.4 Å². The van der Waals surface area contributed by atoms with E-state index in [1.165, 1.54) is 36.2 Å².